The van der Waals surface area contributed by atoms with Crippen LogP contribution in [0.5, 0.6) is 5.75 Å². The van der Waals surface area contributed by atoms with Crippen molar-refractivity contribution < 1.29 is 17.9 Å². The number of nitrogens with one attached hydrogen (secondary N) is 1. The zero-order chi connectivity index (χ0) is 25.2. The van der Waals surface area contributed by atoms with Crippen molar-refractivity contribution in [3.05, 3.63) is 86.4 Å². The van der Waals surface area contributed by atoms with Crippen LogP contribution in [0.2, 0.25) is 5.02 Å². The lowest BCUT2D eigenvalue weighted by atomic mass is 9.81. The predicted molar refractivity (Wildman–Crippen MR) is 138 cm³/mol. The van der Waals surface area contributed by atoms with Gasteiger partial charge in [-0.2, -0.15) is 0 Å². The smallest absolute Gasteiger partial charge is 0.343 e. The average molecular weight is 516 g/mol. The Hall–Kier alpha value is -2.77. The van der Waals surface area contributed by atoms with Gasteiger partial charge in [0, 0.05) is 28.6 Å². The van der Waals surface area contributed by atoms with Gasteiger partial charge < -0.3 is 9.52 Å². The molecule has 1 unspecified atom stereocenters. The van der Waals surface area contributed by atoms with Crippen LogP contribution in [-0.2, 0) is 22.9 Å². The van der Waals surface area contributed by atoms with E-state index in [2.05, 4.69) is 4.72 Å². The second-order valence-electron chi connectivity index (χ2n) is 9.37. The highest BCUT2D eigenvalue weighted by molar-refractivity contribution is 7.92. The first kappa shape index (κ1) is 25.3. The van der Waals surface area contributed by atoms with E-state index in [9.17, 15) is 18.3 Å². The Kier molecular flexibility index (Phi) is 7.57. The van der Waals surface area contributed by atoms with Crippen molar-refractivity contribution in [2.75, 3.05) is 4.72 Å². The molecule has 1 atom stereocenters. The van der Waals surface area contributed by atoms with Crippen LogP contribution in [0, 0.1) is 5.92 Å². The molecule has 3 aromatic rings. The highest BCUT2D eigenvalue weighted by Gasteiger charge is 2.29. The van der Waals surface area contributed by atoms with Gasteiger partial charge in [-0.05, 0) is 67.1 Å². The summed E-state index contributed by atoms with van der Waals surface area (Å²) in [5.74, 6) is 0.0763. The molecule has 1 aromatic heterocycles. The van der Waals surface area contributed by atoms with Gasteiger partial charge in [-0.25, -0.2) is 13.2 Å². The zero-order valence-corrected chi connectivity index (χ0v) is 21.5. The molecule has 8 heteroatoms. The maximum absolute atomic E-state index is 13.1. The monoisotopic (exact) mass is 515 g/mol. The third kappa shape index (κ3) is 5.57. The molecule has 2 N–H and O–H groups in total. The molecule has 0 spiro atoms. The fourth-order valence-electron chi connectivity index (χ4n) is 4.80. The molecule has 0 radical (unpaired) electrons. The molecule has 186 valence electrons. The standard InChI is InChI=1S/C27H30ClNO5S/c1-17(2)24(25-26(30)22-10-5-3-4-6-11-23(22)34-27(25)31)18-8-7-9-20(16-18)29-35(32,33)21-14-12-19(28)13-15-21/h7-9,12-17,24,29-30H,3-6,10-11H2,1-2H3. The van der Waals surface area contributed by atoms with E-state index in [0.717, 1.165) is 31.2 Å². The molecular weight excluding hydrogens is 486 g/mol. The highest BCUT2D eigenvalue weighted by Crippen LogP contribution is 2.39. The molecule has 2 aromatic carbocycles. The first-order valence-electron chi connectivity index (χ1n) is 11.9. The summed E-state index contributed by atoms with van der Waals surface area (Å²) < 4.78 is 34.1. The van der Waals surface area contributed by atoms with Crippen molar-refractivity contribution in [1.82, 2.24) is 0 Å². The number of halogens is 1. The van der Waals surface area contributed by atoms with Crippen molar-refractivity contribution >= 4 is 27.3 Å². The lowest BCUT2D eigenvalue weighted by Crippen LogP contribution is -2.21. The van der Waals surface area contributed by atoms with Crippen molar-refractivity contribution in [2.24, 2.45) is 5.92 Å². The molecule has 4 rings (SSSR count). The summed E-state index contributed by atoms with van der Waals surface area (Å²) in [6.07, 6.45) is 5.34. The molecule has 1 aliphatic rings. The summed E-state index contributed by atoms with van der Waals surface area (Å²) in [5.41, 5.74) is 1.50. The van der Waals surface area contributed by atoms with Crippen LogP contribution >= 0.6 is 11.6 Å². The van der Waals surface area contributed by atoms with Gasteiger partial charge in [-0.1, -0.05) is 50.4 Å². The third-order valence-electron chi connectivity index (χ3n) is 6.49. The van der Waals surface area contributed by atoms with E-state index in [1.807, 2.05) is 19.9 Å². The van der Waals surface area contributed by atoms with Crippen LogP contribution < -0.4 is 10.3 Å². The van der Waals surface area contributed by atoms with E-state index >= 15 is 0 Å². The Bertz CT molecular complexity index is 1360. The zero-order valence-electron chi connectivity index (χ0n) is 19.9. The first-order chi connectivity index (χ1) is 16.7. The van der Waals surface area contributed by atoms with Crippen LogP contribution in [-0.4, -0.2) is 13.5 Å². The van der Waals surface area contributed by atoms with Gasteiger partial charge in [0.2, 0.25) is 0 Å². The van der Waals surface area contributed by atoms with Crippen LogP contribution in [0.15, 0.2) is 62.6 Å². The van der Waals surface area contributed by atoms with E-state index in [4.69, 9.17) is 16.0 Å². The SMILES string of the molecule is CC(C)C(c1cccc(NS(=O)(=O)c2ccc(Cl)cc2)c1)c1c(O)c2c(oc1=O)CCCCCC2. The number of rotatable bonds is 6. The molecule has 0 saturated carbocycles. The number of aryl methyl sites for hydroxylation is 1. The van der Waals surface area contributed by atoms with Gasteiger partial charge in [-0.3, -0.25) is 4.72 Å². The lowest BCUT2D eigenvalue weighted by molar-refractivity contribution is 0.376. The van der Waals surface area contributed by atoms with Crippen molar-refractivity contribution in [2.45, 2.75) is 63.2 Å². The van der Waals surface area contributed by atoms with E-state index in [1.165, 1.54) is 24.3 Å². The minimum Gasteiger partial charge on any atom is -0.507 e. The summed E-state index contributed by atoms with van der Waals surface area (Å²) in [7, 11) is -3.83. The Morgan fingerprint density at radius 1 is 1.00 bits per heavy atom. The van der Waals surface area contributed by atoms with E-state index in [1.54, 1.807) is 18.2 Å². The second kappa shape index (κ2) is 10.5. The number of hydrogen-bond donors (Lipinski definition) is 2. The normalized spacial score (nSPS) is 15.2. The number of anilines is 1. The molecule has 1 aliphatic carbocycles. The molecule has 35 heavy (non-hydrogen) atoms. The third-order valence-corrected chi connectivity index (χ3v) is 8.14. The van der Waals surface area contributed by atoms with Crippen molar-refractivity contribution in [3.8, 4) is 5.75 Å². The van der Waals surface area contributed by atoms with E-state index in [-0.39, 0.29) is 22.1 Å². The Labute approximate surface area is 211 Å². The average Bonchev–Trinajstić information content (AvgIpc) is 2.78. The van der Waals surface area contributed by atoms with Crippen LogP contribution in [0.3, 0.4) is 0 Å². The van der Waals surface area contributed by atoms with Crippen LogP contribution in [0.4, 0.5) is 5.69 Å². The van der Waals surface area contributed by atoms with Gasteiger partial charge in [-0.15, -0.1) is 0 Å². The topological polar surface area (TPSA) is 96.6 Å². The summed E-state index contributed by atoms with van der Waals surface area (Å²) in [6.45, 7) is 3.93. The Morgan fingerprint density at radius 3 is 2.37 bits per heavy atom. The summed E-state index contributed by atoms with van der Waals surface area (Å²) in [4.78, 5) is 13.2. The lowest BCUT2D eigenvalue weighted by Gasteiger charge is -2.24. The number of fused-ring (bicyclic) bond motifs is 1. The van der Waals surface area contributed by atoms with Gasteiger partial charge in [0.1, 0.15) is 11.5 Å². The van der Waals surface area contributed by atoms with Crippen molar-refractivity contribution in [1.29, 1.82) is 0 Å². The number of aromatic hydroxyl groups is 1. The fourth-order valence-corrected chi connectivity index (χ4v) is 5.98. The predicted octanol–water partition coefficient (Wildman–Crippen LogP) is 6.25. The number of hydrogen-bond acceptors (Lipinski definition) is 5. The van der Waals surface area contributed by atoms with Crippen molar-refractivity contribution in [3.63, 3.8) is 0 Å². The molecule has 0 amide bonds. The van der Waals surface area contributed by atoms with Gasteiger partial charge in [0.25, 0.3) is 10.0 Å². The second-order valence-corrected chi connectivity index (χ2v) is 11.5. The molecule has 0 aliphatic heterocycles. The summed E-state index contributed by atoms with van der Waals surface area (Å²) in [6, 6.07) is 12.8. The van der Waals surface area contributed by atoms with Crippen LogP contribution in [0.1, 0.15) is 67.9 Å². The van der Waals surface area contributed by atoms with Gasteiger partial charge >= 0.3 is 5.63 Å². The number of sulfonamides is 1. The van der Waals surface area contributed by atoms with E-state index in [0.29, 0.717) is 34.9 Å². The van der Waals surface area contributed by atoms with E-state index < -0.39 is 21.6 Å². The first-order valence-corrected chi connectivity index (χ1v) is 13.8. The van der Waals surface area contributed by atoms with Gasteiger partial charge in [0.05, 0.1) is 10.5 Å². The Balaban J connectivity index is 1.73. The largest absolute Gasteiger partial charge is 0.507 e. The molecule has 6 nitrogen and oxygen atoms in total. The number of benzene rings is 2. The molecule has 1 heterocycles. The highest BCUT2D eigenvalue weighted by atomic mass is 35.5. The summed E-state index contributed by atoms with van der Waals surface area (Å²) >= 11 is 5.88. The maximum atomic E-state index is 13.1. The summed E-state index contributed by atoms with van der Waals surface area (Å²) in [5, 5.41) is 11.7. The Morgan fingerprint density at radius 2 is 1.69 bits per heavy atom. The molecule has 0 fully saturated rings. The molecule has 0 saturated heterocycles. The minimum atomic E-state index is -3.83. The fraction of sp³-hybridized carbons (Fsp3) is 0.370. The maximum Gasteiger partial charge on any atom is 0.343 e. The molecular formula is C27H30ClNO5S. The van der Waals surface area contributed by atoms with Gasteiger partial charge in [0.15, 0.2) is 0 Å². The van der Waals surface area contributed by atoms with Crippen LogP contribution in [0.25, 0.3) is 0 Å². The molecule has 0 bridgehead atoms. The minimum absolute atomic E-state index is 0.0176. The quantitative estimate of drug-likeness (QED) is 0.404.